The second-order valence-electron chi connectivity index (χ2n) is 8.80. The number of nitrogens with one attached hydrogen (secondary N) is 2. The molecule has 0 bridgehead atoms. The Labute approximate surface area is 214 Å². The predicted octanol–water partition coefficient (Wildman–Crippen LogP) is 4.86. The normalized spacial score (nSPS) is 11.7. The summed E-state index contributed by atoms with van der Waals surface area (Å²) in [5.41, 5.74) is 2.95. The molecule has 0 aliphatic carbocycles. The molecular weight excluding hydrogens is 490 g/mol. The number of carbonyl (C=O) groups is 1. The molecule has 2 N–H and O–H groups in total. The summed E-state index contributed by atoms with van der Waals surface area (Å²) in [5.74, 6) is 0.222. The Balaban J connectivity index is 1.75. The molecule has 0 fully saturated rings. The summed E-state index contributed by atoms with van der Waals surface area (Å²) in [6.07, 6.45) is 3.23. The number of carbonyl (C=O) groups excluding carboxylic acids is 1. The Hall–Kier alpha value is -4.18. The molecule has 9 nitrogen and oxygen atoms in total. The number of unbranched alkanes of at least 4 members (excludes halogenated alkanes) is 1. The standard InChI is InChI=1S/C27H27N5O4S/c1-3-4-15-28-27(33)23-24-26(30-22-10-6-5-9-21(22)29-24)32(17-19-8-7-16-36-19)25(23)31-37(34,35)20-13-11-18(2)12-14-20/h5-14,16,31H,3-4,15,17H2,1-2H3,(H,28,33). The second kappa shape index (κ2) is 10.1. The lowest BCUT2D eigenvalue weighted by atomic mass is 10.2. The van der Waals surface area contributed by atoms with Crippen molar-refractivity contribution in [1.82, 2.24) is 19.9 Å². The van der Waals surface area contributed by atoms with Gasteiger partial charge in [-0.2, -0.15) is 0 Å². The van der Waals surface area contributed by atoms with Gasteiger partial charge < -0.3 is 14.3 Å². The Morgan fingerprint density at radius 1 is 1.00 bits per heavy atom. The molecular formula is C27H27N5O4S. The monoisotopic (exact) mass is 517 g/mol. The molecule has 10 heteroatoms. The summed E-state index contributed by atoms with van der Waals surface area (Å²) in [6.45, 7) is 4.50. The van der Waals surface area contributed by atoms with Crippen LogP contribution in [-0.2, 0) is 16.6 Å². The van der Waals surface area contributed by atoms with Crippen molar-refractivity contribution in [3.63, 3.8) is 0 Å². The number of nitrogens with zero attached hydrogens (tertiary/aromatic N) is 3. The topological polar surface area (TPSA) is 119 Å². The van der Waals surface area contributed by atoms with E-state index in [2.05, 4.69) is 10.0 Å². The van der Waals surface area contributed by atoms with E-state index in [0.29, 0.717) is 34.5 Å². The number of rotatable bonds is 9. The predicted molar refractivity (Wildman–Crippen MR) is 142 cm³/mol. The Morgan fingerprint density at radius 2 is 1.73 bits per heavy atom. The van der Waals surface area contributed by atoms with Gasteiger partial charge in [0.2, 0.25) is 0 Å². The summed E-state index contributed by atoms with van der Waals surface area (Å²) >= 11 is 0. The van der Waals surface area contributed by atoms with E-state index >= 15 is 0 Å². The van der Waals surface area contributed by atoms with Gasteiger partial charge in [0.1, 0.15) is 22.7 Å². The molecule has 3 heterocycles. The summed E-state index contributed by atoms with van der Waals surface area (Å²) in [5, 5.41) is 2.91. The highest BCUT2D eigenvalue weighted by Gasteiger charge is 2.29. The van der Waals surface area contributed by atoms with Gasteiger partial charge in [-0.1, -0.05) is 43.2 Å². The highest BCUT2D eigenvalue weighted by Crippen LogP contribution is 2.32. The van der Waals surface area contributed by atoms with Gasteiger partial charge >= 0.3 is 0 Å². The van der Waals surface area contributed by atoms with Gasteiger partial charge in [0.15, 0.2) is 5.65 Å². The molecule has 0 atom stereocenters. The number of hydrogen-bond donors (Lipinski definition) is 2. The molecule has 1 amide bonds. The fourth-order valence-corrected chi connectivity index (χ4v) is 5.18. The highest BCUT2D eigenvalue weighted by atomic mass is 32.2. The van der Waals surface area contributed by atoms with E-state index in [1.165, 1.54) is 18.4 Å². The van der Waals surface area contributed by atoms with Crippen LogP contribution in [-0.4, -0.2) is 35.4 Å². The van der Waals surface area contributed by atoms with Crippen molar-refractivity contribution in [2.75, 3.05) is 11.3 Å². The largest absolute Gasteiger partial charge is 0.467 e. The van der Waals surface area contributed by atoms with Crippen LogP contribution in [0.1, 0.15) is 41.4 Å². The van der Waals surface area contributed by atoms with Crippen molar-refractivity contribution in [3.8, 4) is 0 Å². The lowest BCUT2D eigenvalue weighted by molar-refractivity contribution is 0.0955. The molecule has 5 aromatic rings. The molecule has 0 spiro atoms. The molecule has 37 heavy (non-hydrogen) atoms. The van der Waals surface area contributed by atoms with E-state index < -0.39 is 15.9 Å². The maximum Gasteiger partial charge on any atom is 0.263 e. The van der Waals surface area contributed by atoms with Crippen LogP contribution in [0.2, 0.25) is 0 Å². The lowest BCUT2D eigenvalue weighted by Gasteiger charge is -2.14. The van der Waals surface area contributed by atoms with Crippen molar-refractivity contribution in [2.45, 2.75) is 38.1 Å². The molecule has 0 aliphatic rings. The third kappa shape index (κ3) is 4.92. The van der Waals surface area contributed by atoms with Crippen LogP contribution >= 0.6 is 0 Å². The number of hydrogen-bond acceptors (Lipinski definition) is 6. The van der Waals surface area contributed by atoms with Crippen molar-refractivity contribution in [3.05, 3.63) is 83.8 Å². The van der Waals surface area contributed by atoms with Crippen LogP contribution in [0, 0.1) is 6.92 Å². The SMILES string of the molecule is CCCCNC(=O)c1c(NS(=O)(=O)c2ccc(C)cc2)n(Cc2ccco2)c2nc3ccccc3nc12. The fourth-order valence-electron chi connectivity index (χ4n) is 4.10. The van der Waals surface area contributed by atoms with Crippen molar-refractivity contribution >= 4 is 43.9 Å². The molecule has 2 aromatic carbocycles. The number of para-hydroxylation sites is 2. The van der Waals surface area contributed by atoms with Gasteiger partial charge in [0.05, 0.1) is 28.7 Å². The number of aromatic nitrogens is 3. The maximum absolute atomic E-state index is 13.5. The van der Waals surface area contributed by atoms with Gasteiger partial charge in [-0.3, -0.25) is 9.52 Å². The van der Waals surface area contributed by atoms with Gasteiger partial charge in [0, 0.05) is 6.54 Å². The number of benzene rings is 2. The van der Waals surface area contributed by atoms with Crippen LogP contribution in [0.3, 0.4) is 0 Å². The van der Waals surface area contributed by atoms with Gasteiger partial charge in [0.25, 0.3) is 15.9 Å². The first-order valence-electron chi connectivity index (χ1n) is 12.1. The zero-order valence-electron chi connectivity index (χ0n) is 20.6. The zero-order valence-corrected chi connectivity index (χ0v) is 21.4. The number of sulfonamides is 1. The van der Waals surface area contributed by atoms with Crippen LogP contribution < -0.4 is 10.0 Å². The Morgan fingerprint density at radius 3 is 2.41 bits per heavy atom. The summed E-state index contributed by atoms with van der Waals surface area (Å²) < 4.78 is 36.8. The van der Waals surface area contributed by atoms with E-state index in [0.717, 1.165) is 18.4 Å². The van der Waals surface area contributed by atoms with Crippen LogP contribution in [0.15, 0.2) is 76.2 Å². The van der Waals surface area contributed by atoms with Gasteiger partial charge in [-0.05, 0) is 49.7 Å². The molecule has 3 aromatic heterocycles. The molecule has 190 valence electrons. The fraction of sp³-hybridized carbons (Fsp3) is 0.222. The summed E-state index contributed by atoms with van der Waals surface area (Å²) in [7, 11) is -4.04. The molecule has 0 radical (unpaired) electrons. The van der Waals surface area contributed by atoms with Crippen molar-refractivity contribution in [1.29, 1.82) is 0 Å². The van der Waals surface area contributed by atoms with Gasteiger partial charge in [-0.25, -0.2) is 18.4 Å². The lowest BCUT2D eigenvalue weighted by Crippen LogP contribution is -2.26. The van der Waals surface area contributed by atoms with Crippen molar-refractivity contribution < 1.29 is 17.6 Å². The van der Waals surface area contributed by atoms with Gasteiger partial charge in [-0.15, -0.1) is 0 Å². The molecule has 5 rings (SSSR count). The summed E-state index contributed by atoms with van der Waals surface area (Å²) in [4.78, 5) is 23.1. The highest BCUT2D eigenvalue weighted by molar-refractivity contribution is 7.92. The number of aryl methyl sites for hydroxylation is 1. The first-order chi connectivity index (χ1) is 17.9. The van der Waals surface area contributed by atoms with Crippen LogP contribution in [0.5, 0.6) is 0 Å². The second-order valence-corrected chi connectivity index (χ2v) is 10.5. The number of fused-ring (bicyclic) bond motifs is 2. The molecule has 0 aliphatic heterocycles. The number of anilines is 1. The molecule has 0 saturated heterocycles. The van der Waals surface area contributed by atoms with E-state index in [1.54, 1.807) is 34.9 Å². The van der Waals surface area contributed by atoms with E-state index in [4.69, 9.17) is 14.4 Å². The Bertz CT molecular complexity index is 1670. The molecule has 0 unspecified atom stereocenters. The molecule has 0 saturated carbocycles. The number of furan rings is 1. The average Bonchev–Trinajstić information content (AvgIpc) is 3.49. The van der Waals surface area contributed by atoms with E-state index in [1.807, 2.05) is 32.0 Å². The van der Waals surface area contributed by atoms with Crippen molar-refractivity contribution in [2.24, 2.45) is 0 Å². The van der Waals surface area contributed by atoms with Crippen LogP contribution in [0.4, 0.5) is 5.82 Å². The minimum Gasteiger partial charge on any atom is -0.467 e. The first-order valence-corrected chi connectivity index (χ1v) is 13.5. The zero-order chi connectivity index (χ0) is 26.0. The Kier molecular flexibility index (Phi) is 6.66. The minimum atomic E-state index is -4.04. The quantitative estimate of drug-likeness (QED) is 0.269. The third-order valence-corrected chi connectivity index (χ3v) is 7.41. The van der Waals surface area contributed by atoms with E-state index in [-0.39, 0.29) is 22.8 Å². The van der Waals surface area contributed by atoms with E-state index in [9.17, 15) is 13.2 Å². The average molecular weight is 518 g/mol. The first kappa shape index (κ1) is 24.5. The minimum absolute atomic E-state index is 0.0799. The number of amides is 1. The summed E-state index contributed by atoms with van der Waals surface area (Å²) in [6, 6.07) is 17.3. The smallest absolute Gasteiger partial charge is 0.263 e. The van der Waals surface area contributed by atoms with Crippen LogP contribution in [0.25, 0.3) is 22.2 Å². The maximum atomic E-state index is 13.5. The third-order valence-electron chi connectivity index (χ3n) is 6.05.